The first kappa shape index (κ1) is 26.1. The van der Waals surface area contributed by atoms with Crippen LogP contribution in [0.25, 0.3) is 0 Å². The molecule has 1 atom stereocenters. The highest BCUT2D eigenvalue weighted by atomic mass is 19.4. The summed E-state index contributed by atoms with van der Waals surface area (Å²) in [5.41, 5.74) is 1.23. The van der Waals surface area contributed by atoms with E-state index in [1.54, 1.807) is 6.20 Å². The number of nitrogens with zero attached hydrogens (tertiary/aromatic N) is 3. The van der Waals surface area contributed by atoms with Gasteiger partial charge in [-0.1, -0.05) is 6.07 Å². The fourth-order valence-corrected chi connectivity index (χ4v) is 4.09. The molecular formula is C22H32F3N3O4. The Morgan fingerprint density at radius 3 is 2.59 bits per heavy atom. The van der Waals surface area contributed by atoms with E-state index in [2.05, 4.69) is 28.6 Å². The third-order valence-electron chi connectivity index (χ3n) is 5.81. The van der Waals surface area contributed by atoms with Gasteiger partial charge in [0.25, 0.3) is 0 Å². The molecule has 2 aliphatic rings. The smallest absolute Gasteiger partial charge is 0.475 e. The molecule has 0 radical (unpaired) electrons. The minimum Gasteiger partial charge on any atom is -0.475 e. The van der Waals surface area contributed by atoms with E-state index in [1.807, 2.05) is 18.3 Å². The standard InChI is InChI=1S/C20H31N3O2.C2HF3O2/c1-17(2)22-11-12-25-16-20(14-22)8-4-10-23(15-20)19(24)7-6-18-5-3-9-21-13-18;3-2(4,5)1(6)7/h3,5,9,13,17H,4,6-8,10-12,14-16H2,1-2H3;(H,6,7). The maximum atomic E-state index is 12.7. The molecule has 1 unspecified atom stereocenters. The Labute approximate surface area is 186 Å². The van der Waals surface area contributed by atoms with Gasteiger partial charge in [-0.2, -0.15) is 13.2 Å². The van der Waals surface area contributed by atoms with Crippen molar-refractivity contribution in [3.63, 3.8) is 0 Å². The molecule has 10 heteroatoms. The first-order valence-electron chi connectivity index (χ1n) is 10.8. The molecule has 1 aromatic heterocycles. The van der Waals surface area contributed by atoms with Gasteiger partial charge in [0.05, 0.1) is 13.2 Å². The van der Waals surface area contributed by atoms with Crippen LogP contribution in [0.1, 0.15) is 38.7 Å². The number of halogens is 3. The lowest BCUT2D eigenvalue weighted by Gasteiger charge is -2.44. The topological polar surface area (TPSA) is 83.0 Å². The van der Waals surface area contributed by atoms with Gasteiger partial charge in [0.2, 0.25) is 5.91 Å². The number of aryl methyl sites for hydroxylation is 1. The third-order valence-corrected chi connectivity index (χ3v) is 5.81. The van der Waals surface area contributed by atoms with E-state index in [0.29, 0.717) is 12.5 Å². The largest absolute Gasteiger partial charge is 0.490 e. The number of aliphatic carboxylic acids is 1. The van der Waals surface area contributed by atoms with Crippen LogP contribution >= 0.6 is 0 Å². The molecule has 0 saturated carbocycles. The van der Waals surface area contributed by atoms with Gasteiger partial charge in [-0.25, -0.2) is 4.79 Å². The zero-order chi connectivity index (χ0) is 23.8. The van der Waals surface area contributed by atoms with Gasteiger partial charge in [0.1, 0.15) is 0 Å². The Morgan fingerprint density at radius 1 is 1.28 bits per heavy atom. The SMILES string of the molecule is CC(C)N1CCOCC2(CCCN(C(=O)CCc3cccnc3)C2)C1.O=C(O)C(F)(F)F. The monoisotopic (exact) mass is 459 g/mol. The van der Waals surface area contributed by atoms with Crippen LogP contribution in [0, 0.1) is 5.41 Å². The highest BCUT2D eigenvalue weighted by Gasteiger charge is 2.40. The van der Waals surface area contributed by atoms with E-state index >= 15 is 0 Å². The molecule has 3 rings (SSSR count). The minimum atomic E-state index is -5.08. The number of alkyl halides is 3. The summed E-state index contributed by atoms with van der Waals surface area (Å²) >= 11 is 0. The summed E-state index contributed by atoms with van der Waals surface area (Å²) < 4.78 is 37.7. The quantitative estimate of drug-likeness (QED) is 0.746. The molecule has 3 heterocycles. The molecule has 1 amide bonds. The van der Waals surface area contributed by atoms with Crippen LogP contribution in [-0.4, -0.2) is 83.4 Å². The molecule has 1 N–H and O–H groups in total. The number of ether oxygens (including phenoxy) is 1. The molecule has 2 saturated heterocycles. The molecule has 0 aromatic carbocycles. The normalized spacial score (nSPS) is 22.2. The maximum absolute atomic E-state index is 12.7. The first-order valence-corrected chi connectivity index (χ1v) is 10.8. The average molecular weight is 460 g/mol. The lowest BCUT2D eigenvalue weighted by Crippen LogP contribution is -2.53. The molecule has 32 heavy (non-hydrogen) atoms. The molecule has 7 nitrogen and oxygen atoms in total. The molecule has 2 aliphatic heterocycles. The Kier molecular flexibility index (Phi) is 9.45. The van der Waals surface area contributed by atoms with Crippen LogP contribution in [-0.2, 0) is 20.7 Å². The van der Waals surface area contributed by atoms with Crippen molar-refractivity contribution in [3.05, 3.63) is 30.1 Å². The summed E-state index contributed by atoms with van der Waals surface area (Å²) in [4.78, 5) is 30.4. The van der Waals surface area contributed by atoms with Crippen molar-refractivity contribution in [1.82, 2.24) is 14.8 Å². The van der Waals surface area contributed by atoms with Crippen LogP contribution in [0.4, 0.5) is 13.2 Å². The zero-order valence-corrected chi connectivity index (χ0v) is 18.6. The van der Waals surface area contributed by atoms with E-state index in [0.717, 1.165) is 64.2 Å². The number of carboxylic acid groups (broad SMARTS) is 1. The van der Waals surface area contributed by atoms with Crippen LogP contribution < -0.4 is 0 Å². The number of hydrogen-bond acceptors (Lipinski definition) is 5. The van der Waals surface area contributed by atoms with Crippen LogP contribution in [0.5, 0.6) is 0 Å². The summed E-state index contributed by atoms with van der Waals surface area (Å²) in [7, 11) is 0. The van der Waals surface area contributed by atoms with Crippen molar-refractivity contribution < 1.29 is 32.6 Å². The number of carbonyl (C=O) groups excluding carboxylic acids is 1. The Hall–Kier alpha value is -2.20. The summed E-state index contributed by atoms with van der Waals surface area (Å²) in [6, 6.07) is 4.49. The second-order valence-electron chi connectivity index (χ2n) is 8.70. The average Bonchev–Trinajstić information content (AvgIpc) is 2.95. The number of aromatic nitrogens is 1. The predicted molar refractivity (Wildman–Crippen MR) is 112 cm³/mol. The lowest BCUT2D eigenvalue weighted by atomic mass is 9.79. The van der Waals surface area contributed by atoms with E-state index < -0.39 is 12.1 Å². The maximum Gasteiger partial charge on any atom is 0.490 e. The Balaban J connectivity index is 0.000000451. The van der Waals surface area contributed by atoms with Crippen molar-refractivity contribution in [2.24, 2.45) is 5.41 Å². The van der Waals surface area contributed by atoms with E-state index in [1.165, 1.54) is 0 Å². The third kappa shape index (κ3) is 8.05. The summed E-state index contributed by atoms with van der Waals surface area (Å²) in [5, 5.41) is 7.12. The number of piperidine rings is 1. The van der Waals surface area contributed by atoms with Crippen molar-refractivity contribution >= 4 is 11.9 Å². The fraction of sp³-hybridized carbons (Fsp3) is 0.682. The summed E-state index contributed by atoms with van der Waals surface area (Å²) in [6.07, 6.45) is 2.11. The van der Waals surface area contributed by atoms with Gasteiger partial charge >= 0.3 is 12.1 Å². The Morgan fingerprint density at radius 2 is 2.00 bits per heavy atom. The van der Waals surface area contributed by atoms with Gasteiger partial charge in [0, 0.05) is 56.5 Å². The number of amides is 1. The molecule has 2 fully saturated rings. The highest BCUT2D eigenvalue weighted by molar-refractivity contribution is 5.76. The number of pyridine rings is 1. The van der Waals surface area contributed by atoms with Crippen LogP contribution in [0.3, 0.4) is 0 Å². The number of hydrogen-bond donors (Lipinski definition) is 1. The molecule has 0 bridgehead atoms. The van der Waals surface area contributed by atoms with E-state index in [4.69, 9.17) is 14.6 Å². The van der Waals surface area contributed by atoms with Crippen molar-refractivity contribution in [2.75, 3.05) is 39.4 Å². The first-order chi connectivity index (χ1) is 15.0. The second kappa shape index (κ2) is 11.6. The van der Waals surface area contributed by atoms with Crippen LogP contribution in [0.2, 0.25) is 0 Å². The van der Waals surface area contributed by atoms with Gasteiger partial charge < -0.3 is 14.7 Å². The van der Waals surface area contributed by atoms with Crippen molar-refractivity contribution in [3.8, 4) is 0 Å². The highest BCUT2D eigenvalue weighted by Crippen LogP contribution is 2.34. The summed E-state index contributed by atoms with van der Waals surface area (Å²) in [6.45, 7) is 9.83. The van der Waals surface area contributed by atoms with Crippen molar-refractivity contribution in [1.29, 1.82) is 0 Å². The summed E-state index contributed by atoms with van der Waals surface area (Å²) in [5.74, 6) is -2.49. The molecule has 0 aliphatic carbocycles. The molecule has 180 valence electrons. The van der Waals surface area contributed by atoms with Gasteiger partial charge in [-0.15, -0.1) is 0 Å². The van der Waals surface area contributed by atoms with Crippen LogP contribution in [0.15, 0.2) is 24.5 Å². The fourth-order valence-electron chi connectivity index (χ4n) is 4.09. The predicted octanol–water partition coefficient (Wildman–Crippen LogP) is 3.00. The zero-order valence-electron chi connectivity index (χ0n) is 18.6. The van der Waals surface area contributed by atoms with Crippen molar-refractivity contribution in [2.45, 2.75) is 51.7 Å². The number of carbonyl (C=O) groups is 2. The number of carboxylic acids is 1. The van der Waals surface area contributed by atoms with Gasteiger partial charge in [0.15, 0.2) is 0 Å². The molecular weight excluding hydrogens is 427 g/mol. The number of rotatable bonds is 4. The lowest BCUT2D eigenvalue weighted by molar-refractivity contribution is -0.192. The van der Waals surface area contributed by atoms with E-state index in [9.17, 15) is 18.0 Å². The Bertz CT molecular complexity index is 746. The van der Waals surface area contributed by atoms with Gasteiger partial charge in [-0.05, 0) is 44.7 Å². The second-order valence-corrected chi connectivity index (χ2v) is 8.70. The molecule has 1 spiro atoms. The van der Waals surface area contributed by atoms with Gasteiger partial charge in [-0.3, -0.25) is 14.7 Å². The number of likely N-dealkylation sites (tertiary alicyclic amines) is 1. The minimum absolute atomic E-state index is 0.100. The van der Waals surface area contributed by atoms with E-state index in [-0.39, 0.29) is 11.3 Å². The molecule has 1 aromatic rings.